The maximum Gasteiger partial charge on any atom is 0.216 e. The Morgan fingerprint density at radius 2 is 2.50 bits per heavy atom. The van der Waals surface area contributed by atoms with E-state index >= 15 is 0 Å². The van der Waals surface area contributed by atoms with Crippen LogP contribution in [0.5, 0.6) is 11.6 Å². The van der Waals surface area contributed by atoms with Gasteiger partial charge in [-0.15, -0.1) is 6.42 Å². The van der Waals surface area contributed by atoms with Gasteiger partial charge in [-0.2, -0.15) is 0 Å². The van der Waals surface area contributed by atoms with E-state index in [1.54, 1.807) is 25.4 Å². The van der Waals surface area contributed by atoms with Gasteiger partial charge in [0.15, 0.2) is 0 Å². The third kappa shape index (κ3) is 2.17. The predicted molar refractivity (Wildman–Crippen MR) is 45.1 cm³/mol. The number of aromatic nitrogens is 1. The van der Waals surface area contributed by atoms with Crippen LogP contribution in [-0.4, -0.2) is 18.7 Å². The number of nitrogens with zero attached hydrogens (tertiary/aromatic N) is 1. The molecule has 62 valence electrons. The largest absolute Gasteiger partial charge is 0.481 e. The van der Waals surface area contributed by atoms with Crippen LogP contribution in [-0.2, 0) is 0 Å². The zero-order chi connectivity index (χ0) is 8.81. The molecule has 3 heteroatoms. The summed E-state index contributed by atoms with van der Waals surface area (Å²) in [5.74, 6) is 3.55. The lowest BCUT2D eigenvalue weighted by Gasteiger charge is -2.02. The number of pyridine rings is 1. The summed E-state index contributed by atoms with van der Waals surface area (Å²) in [7, 11) is 1.55. The lowest BCUT2D eigenvalue weighted by atomic mass is 10.4. The minimum atomic E-state index is 0.257. The standard InChI is InChI=1S/C9H9NO2/c1-3-6-12-8-4-5-10-9(7-8)11-2/h1,4-5,7H,6H2,2H3. The summed E-state index contributed by atoms with van der Waals surface area (Å²) in [6.45, 7) is 0.257. The van der Waals surface area contributed by atoms with Gasteiger partial charge in [-0.05, 0) is 6.07 Å². The van der Waals surface area contributed by atoms with E-state index in [1.807, 2.05) is 0 Å². The van der Waals surface area contributed by atoms with E-state index in [2.05, 4.69) is 10.9 Å². The summed E-state index contributed by atoms with van der Waals surface area (Å²) in [4.78, 5) is 3.91. The predicted octanol–water partition coefficient (Wildman–Crippen LogP) is 1.10. The molecule has 1 heterocycles. The van der Waals surface area contributed by atoms with Crippen LogP contribution in [0, 0.1) is 12.3 Å². The quantitative estimate of drug-likeness (QED) is 0.625. The number of rotatable bonds is 3. The number of hydrogen-bond acceptors (Lipinski definition) is 3. The Morgan fingerprint density at radius 1 is 1.67 bits per heavy atom. The number of terminal acetylenes is 1. The van der Waals surface area contributed by atoms with Crippen molar-refractivity contribution in [3.63, 3.8) is 0 Å². The molecule has 0 aliphatic carbocycles. The van der Waals surface area contributed by atoms with Gasteiger partial charge >= 0.3 is 0 Å². The van der Waals surface area contributed by atoms with Crippen molar-refractivity contribution in [2.75, 3.05) is 13.7 Å². The molecule has 0 aromatic carbocycles. The smallest absolute Gasteiger partial charge is 0.216 e. The van der Waals surface area contributed by atoms with Gasteiger partial charge in [0.2, 0.25) is 5.88 Å². The number of methoxy groups -OCH3 is 1. The highest BCUT2D eigenvalue weighted by Gasteiger charge is 1.95. The van der Waals surface area contributed by atoms with Crippen molar-refractivity contribution in [3.05, 3.63) is 18.3 Å². The van der Waals surface area contributed by atoms with Crippen LogP contribution >= 0.6 is 0 Å². The highest BCUT2D eigenvalue weighted by atomic mass is 16.5. The fourth-order valence-corrected chi connectivity index (χ4v) is 0.718. The van der Waals surface area contributed by atoms with E-state index in [1.165, 1.54) is 0 Å². The summed E-state index contributed by atoms with van der Waals surface area (Å²) in [5.41, 5.74) is 0. The zero-order valence-corrected chi connectivity index (χ0v) is 6.78. The first-order valence-corrected chi connectivity index (χ1v) is 3.43. The molecule has 0 saturated heterocycles. The molecular formula is C9H9NO2. The maximum absolute atomic E-state index is 5.14. The molecule has 0 aliphatic heterocycles. The van der Waals surface area contributed by atoms with Crippen molar-refractivity contribution in [3.8, 4) is 24.0 Å². The van der Waals surface area contributed by atoms with E-state index in [9.17, 15) is 0 Å². The van der Waals surface area contributed by atoms with E-state index in [4.69, 9.17) is 15.9 Å². The van der Waals surface area contributed by atoms with Gasteiger partial charge in [-0.1, -0.05) is 5.92 Å². The molecular weight excluding hydrogens is 154 g/mol. The molecule has 3 nitrogen and oxygen atoms in total. The Bertz CT molecular complexity index is 291. The molecule has 0 aliphatic rings. The summed E-state index contributed by atoms with van der Waals surface area (Å²) in [6, 6.07) is 3.40. The van der Waals surface area contributed by atoms with E-state index in [-0.39, 0.29) is 6.61 Å². The van der Waals surface area contributed by atoms with Crippen LogP contribution in [0.2, 0.25) is 0 Å². The fraction of sp³-hybridized carbons (Fsp3) is 0.222. The second-order valence-corrected chi connectivity index (χ2v) is 2.03. The average Bonchev–Trinajstić information content (AvgIpc) is 2.15. The van der Waals surface area contributed by atoms with E-state index in [0.717, 1.165) is 0 Å². The Labute approximate surface area is 71.3 Å². The Kier molecular flexibility index (Phi) is 2.97. The second kappa shape index (κ2) is 4.24. The second-order valence-electron chi connectivity index (χ2n) is 2.03. The molecule has 0 N–H and O–H groups in total. The van der Waals surface area contributed by atoms with Crippen LogP contribution in [0.3, 0.4) is 0 Å². The van der Waals surface area contributed by atoms with Crippen LogP contribution in [0.25, 0.3) is 0 Å². The van der Waals surface area contributed by atoms with Gasteiger partial charge in [0.05, 0.1) is 7.11 Å². The van der Waals surface area contributed by atoms with Crippen molar-refractivity contribution < 1.29 is 9.47 Å². The van der Waals surface area contributed by atoms with Gasteiger partial charge in [0.1, 0.15) is 12.4 Å². The van der Waals surface area contributed by atoms with Gasteiger partial charge in [-0.25, -0.2) is 4.98 Å². The molecule has 1 aromatic rings. The first kappa shape index (κ1) is 8.41. The summed E-state index contributed by atoms with van der Waals surface area (Å²) < 4.78 is 10.0. The molecule has 0 unspecified atom stereocenters. The first-order valence-electron chi connectivity index (χ1n) is 3.43. The van der Waals surface area contributed by atoms with Gasteiger partial charge in [0.25, 0.3) is 0 Å². The minimum Gasteiger partial charge on any atom is -0.481 e. The Balaban J connectivity index is 2.67. The summed E-state index contributed by atoms with van der Waals surface area (Å²) >= 11 is 0. The van der Waals surface area contributed by atoms with Crippen molar-refractivity contribution in [2.24, 2.45) is 0 Å². The molecule has 0 spiro atoms. The third-order valence-electron chi connectivity index (χ3n) is 1.24. The SMILES string of the molecule is C#CCOc1ccnc(OC)c1. The van der Waals surface area contributed by atoms with Crippen molar-refractivity contribution >= 4 is 0 Å². The van der Waals surface area contributed by atoms with Gasteiger partial charge in [0, 0.05) is 12.3 Å². The average molecular weight is 163 g/mol. The highest BCUT2D eigenvalue weighted by molar-refractivity contribution is 5.26. The molecule has 12 heavy (non-hydrogen) atoms. The van der Waals surface area contributed by atoms with Crippen LogP contribution < -0.4 is 9.47 Å². The molecule has 0 fully saturated rings. The van der Waals surface area contributed by atoms with E-state index < -0.39 is 0 Å². The fourth-order valence-electron chi connectivity index (χ4n) is 0.718. The topological polar surface area (TPSA) is 31.4 Å². The van der Waals surface area contributed by atoms with Gasteiger partial charge < -0.3 is 9.47 Å². The molecule has 0 saturated carbocycles. The lowest BCUT2D eigenvalue weighted by molar-refractivity contribution is 0.358. The summed E-state index contributed by atoms with van der Waals surface area (Å²) in [6.07, 6.45) is 6.63. The monoisotopic (exact) mass is 163 g/mol. The molecule has 0 bridgehead atoms. The van der Waals surface area contributed by atoms with Crippen molar-refractivity contribution in [2.45, 2.75) is 0 Å². The molecule has 0 radical (unpaired) electrons. The Hall–Kier alpha value is -1.69. The Morgan fingerprint density at radius 3 is 3.17 bits per heavy atom. The maximum atomic E-state index is 5.14. The summed E-state index contributed by atoms with van der Waals surface area (Å²) in [5, 5.41) is 0. The number of hydrogen-bond donors (Lipinski definition) is 0. The zero-order valence-electron chi connectivity index (χ0n) is 6.78. The van der Waals surface area contributed by atoms with Crippen molar-refractivity contribution in [1.82, 2.24) is 4.98 Å². The minimum absolute atomic E-state index is 0.257. The normalized spacial score (nSPS) is 8.67. The molecule has 1 rings (SSSR count). The van der Waals surface area contributed by atoms with E-state index in [0.29, 0.717) is 11.6 Å². The lowest BCUT2D eigenvalue weighted by Crippen LogP contribution is -1.94. The third-order valence-corrected chi connectivity index (χ3v) is 1.24. The van der Waals surface area contributed by atoms with Crippen LogP contribution in [0.15, 0.2) is 18.3 Å². The molecule has 0 amide bonds. The molecule has 1 aromatic heterocycles. The van der Waals surface area contributed by atoms with Crippen LogP contribution in [0.4, 0.5) is 0 Å². The molecule has 0 atom stereocenters. The van der Waals surface area contributed by atoms with Crippen LogP contribution in [0.1, 0.15) is 0 Å². The number of ether oxygens (including phenoxy) is 2. The van der Waals surface area contributed by atoms with Crippen molar-refractivity contribution in [1.29, 1.82) is 0 Å². The first-order chi connectivity index (χ1) is 5.86. The highest BCUT2D eigenvalue weighted by Crippen LogP contribution is 2.15. The van der Waals surface area contributed by atoms with Gasteiger partial charge in [-0.3, -0.25) is 0 Å².